The highest BCUT2D eigenvalue weighted by molar-refractivity contribution is 6.32. The smallest absolute Gasteiger partial charge is 0.146 e. The summed E-state index contributed by atoms with van der Waals surface area (Å²) in [5, 5.41) is 1.21. The number of hydrogen-bond acceptors (Lipinski definition) is 1. The third-order valence-electron chi connectivity index (χ3n) is 2.19. The van der Waals surface area contributed by atoms with Crippen molar-refractivity contribution >= 4 is 34.8 Å². The third kappa shape index (κ3) is 3.29. The number of alkyl halides is 1. The Labute approximate surface area is 115 Å². The fourth-order valence-corrected chi connectivity index (χ4v) is 1.87. The van der Waals surface area contributed by atoms with Crippen LogP contribution in [0.5, 0.6) is 11.5 Å². The molecule has 1 nitrogen and oxygen atoms in total. The standard InChI is InChI=1S/C13H9Cl3O/c14-8-9-1-6-13(12(16)7-9)17-11-4-2-10(15)3-5-11/h1-7H,8H2. The van der Waals surface area contributed by atoms with Crippen LogP contribution in [0.2, 0.25) is 10.0 Å². The van der Waals surface area contributed by atoms with Crippen molar-refractivity contribution in [3.05, 3.63) is 58.1 Å². The van der Waals surface area contributed by atoms with Gasteiger partial charge in [-0.15, -0.1) is 11.6 Å². The average molecular weight is 288 g/mol. The Morgan fingerprint density at radius 1 is 0.941 bits per heavy atom. The van der Waals surface area contributed by atoms with Gasteiger partial charge in [-0.3, -0.25) is 0 Å². The van der Waals surface area contributed by atoms with Crippen LogP contribution >= 0.6 is 34.8 Å². The normalized spacial score (nSPS) is 10.3. The van der Waals surface area contributed by atoms with Crippen molar-refractivity contribution in [2.75, 3.05) is 0 Å². The van der Waals surface area contributed by atoms with Gasteiger partial charge in [-0.05, 0) is 42.0 Å². The molecule has 17 heavy (non-hydrogen) atoms. The van der Waals surface area contributed by atoms with E-state index in [9.17, 15) is 0 Å². The molecule has 2 aromatic carbocycles. The van der Waals surface area contributed by atoms with Crippen LogP contribution in [-0.2, 0) is 5.88 Å². The van der Waals surface area contributed by atoms with Crippen LogP contribution in [0.3, 0.4) is 0 Å². The van der Waals surface area contributed by atoms with E-state index in [0.29, 0.717) is 27.4 Å². The van der Waals surface area contributed by atoms with Gasteiger partial charge in [-0.2, -0.15) is 0 Å². The highest BCUT2D eigenvalue weighted by Gasteiger charge is 2.04. The van der Waals surface area contributed by atoms with E-state index in [1.54, 1.807) is 36.4 Å². The lowest BCUT2D eigenvalue weighted by atomic mass is 10.2. The number of rotatable bonds is 3. The molecule has 0 aromatic heterocycles. The molecule has 0 amide bonds. The summed E-state index contributed by atoms with van der Waals surface area (Å²) in [6.45, 7) is 0. The van der Waals surface area contributed by atoms with Crippen LogP contribution in [-0.4, -0.2) is 0 Å². The highest BCUT2D eigenvalue weighted by Crippen LogP contribution is 2.30. The average Bonchev–Trinajstić information content (AvgIpc) is 2.34. The van der Waals surface area contributed by atoms with Gasteiger partial charge >= 0.3 is 0 Å². The summed E-state index contributed by atoms with van der Waals surface area (Å²) in [7, 11) is 0. The SMILES string of the molecule is ClCc1ccc(Oc2ccc(Cl)cc2)c(Cl)c1. The zero-order valence-electron chi connectivity index (χ0n) is 8.79. The maximum absolute atomic E-state index is 6.08. The van der Waals surface area contributed by atoms with Crippen molar-refractivity contribution in [2.24, 2.45) is 0 Å². The molecule has 0 aliphatic rings. The number of ether oxygens (including phenoxy) is 1. The van der Waals surface area contributed by atoms with Crippen LogP contribution in [0.15, 0.2) is 42.5 Å². The van der Waals surface area contributed by atoms with Crippen molar-refractivity contribution < 1.29 is 4.74 Å². The van der Waals surface area contributed by atoms with E-state index in [1.807, 2.05) is 6.07 Å². The molecule has 2 aromatic rings. The van der Waals surface area contributed by atoms with Crippen LogP contribution < -0.4 is 4.74 Å². The number of benzene rings is 2. The second kappa shape index (κ2) is 5.63. The van der Waals surface area contributed by atoms with Crippen molar-refractivity contribution in [2.45, 2.75) is 5.88 Å². The molecule has 4 heteroatoms. The van der Waals surface area contributed by atoms with Gasteiger partial charge in [-0.1, -0.05) is 29.3 Å². The summed E-state index contributed by atoms with van der Waals surface area (Å²) in [5.74, 6) is 1.72. The lowest BCUT2D eigenvalue weighted by molar-refractivity contribution is 0.483. The molecule has 0 N–H and O–H groups in total. The predicted molar refractivity (Wildman–Crippen MR) is 72.5 cm³/mol. The Kier molecular flexibility index (Phi) is 4.16. The third-order valence-corrected chi connectivity index (χ3v) is 3.05. The summed E-state index contributed by atoms with van der Waals surface area (Å²) < 4.78 is 5.63. The number of halogens is 3. The summed E-state index contributed by atoms with van der Waals surface area (Å²) in [4.78, 5) is 0. The molecular formula is C13H9Cl3O. The van der Waals surface area contributed by atoms with Crippen LogP contribution in [0.4, 0.5) is 0 Å². The predicted octanol–water partition coefficient (Wildman–Crippen LogP) is 5.52. The second-order valence-electron chi connectivity index (χ2n) is 3.45. The molecule has 2 rings (SSSR count). The Balaban J connectivity index is 2.21. The van der Waals surface area contributed by atoms with E-state index in [2.05, 4.69) is 0 Å². The summed E-state index contributed by atoms with van der Waals surface area (Å²) >= 11 is 17.6. The minimum atomic E-state index is 0.431. The molecule has 0 saturated heterocycles. The minimum absolute atomic E-state index is 0.431. The summed E-state index contributed by atoms with van der Waals surface area (Å²) in [6, 6.07) is 12.6. The van der Waals surface area contributed by atoms with Crippen molar-refractivity contribution in [3.63, 3.8) is 0 Å². The first-order valence-electron chi connectivity index (χ1n) is 4.97. The minimum Gasteiger partial charge on any atom is -0.456 e. The first-order valence-corrected chi connectivity index (χ1v) is 6.26. The maximum Gasteiger partial charge on any atom is 0.146 e. The monoisotopic (exact) mass is 286 g/mol. The van der Waals surface area contributed by atoms with E-state index >= 15 is 0 Å². The van der Waals surface area contributed by atoms with Crippen LogP contribution in [0, 0.1) is 0 Å². The molecule has 88 valence electrons. The van der Waals surface area contributed by atoms with E-state index < -0.39 is 0 Å². The Morgan fingerprint density at radius 2 is 1.65 bits per heavy atom. The van der Waals surface area contributed by atoms with Gasteiger partial charge in [0.15, 0.2) is 0 Å². The van der Waals surface area contributed by atoms with Crippen molar-refractivity contribution in [3.8, 4) is 11.5 Å². The van der Waals surface area contributed by atoms with Gasteiger partial charge in [0.25, 0.3) is 0 Å². The lowest BCUT2D eigenvalue weighted by Crippen LogP contribution is -1.86. The van der Waals surface area contributed by atoms with Gasteiger partial charge in [0.05, 0.1) is 5.02 Å². The summed E-state index contributed by atoms with van der Waals surface area (Å²) in [6.07, 6.45) is 0. The molecule has 0 bridgehead atoms. The molecule has 0 radical (unpaired) electrons. The Hall–Kier alpha value is -0.890. The first-order chi connectivity index (χ1) is 8.19. The topological polar surface area (TPSA) is 9.23 Å². The Bertz CT molecular complexity index is 509. The van der Waals surface area contributed by atoms with Gasteiger partial charge in [-0.25, -0.2) is 0 Å². The van der Waals surface area contributed by atoms with Crippen LogP contribution in [0.1, 0.15) is 5.56 Å². The second-order valence-corrected chi connectivity index (χ2v) is 4.57. The summed E-state index contributed by atoms with van der Waals surface area (Å²) in [5.41, 5.74) is 0.958. The molecule has 0 fully saturated rings. The molecule has 0 aliphatic carbocycles. The zero-order valence-corrected chi connectivity index (χ0v) is 11.1. The molecule has 0 unspecified atom stereocenters. The van der Waals surface area contributed by atoms with E-state index in [0.717, 1.165) is 5.56 Å². The Morgan fingerprint density at radius 3 is 2.24 bits per heavy atom. The van der Waals surface area contributed by atoms with Gasteiger partial charge in [0.1, 0.15) is 11.5 Å². The van der Waals surface area contributed by atoms with Gasteiger partial charge in [0, 0.05) is 10.9 Å². The molecule has 0 spiro atoms. The molecule has 0 heterocycles. The molecule has 0 atom stereocenters. The lowest BCUT2D eigenvalue weighted by Gasteiger charge is -2.08. The first kappa shape index (κ1) is 12.6. The fourth-order valence-electron chi connectivity index (χ4n) is 1.34. The van der Waals surface area contributed by atoms with E-state index in [-0.39, 0.29) is 0 Å². The molecular weight excluding hydrogens is 279 g/mol. The maximum atomic E-state index is 6.08. The largest absolute Gasteiger partial charge is 0.456 e. The van der Waals surface area contributed by atoms with Crippen molar-refractivity contribution in [1.29, 1.82) is 0 Å². The fraction of sp³-hybridized carbons (Fsp3) is 0.0769. The zero-order chi connectivity index (χ0) is 12.3. The quantitative estimate of drug-likeness (QED) is 0.675. The van der Waals surface area contributed by atoms with E-state index in [4.69, 9.17) is 39.5 Å². The molecule has 0 saturated carbocycles. The number of hydrogen-bond donors (Lipinski definition) is 0. The highest BCUT2D eigenvalue weighted by atomic mass is 35.5. The van der Waals surface area contributed by atoms with Gasteiger partial charge in [0.2, 0.25) is 0 Å². The van der Waals surface area contributed by atoms with E-state index in [1.165, 1.54) is 0 Å². The van der Waals surface area contributed by atoms with Gasteiger partial charge < -0.3 is 4.74 Å². The van der Waals surface area contributed by atoms with Crippen LogP contribution in [0.25, 0.3) is 0 Å². The van der Waals surface area contributed by atoms with Crippen molar-refractivity contribution in [1.82, 2.24) is 0 Å². The molecule has 0 aliphatic heterocycles.